The lowest BCUT2D eigenvalue weighted by atomic mass is 10.0. The van der Waals surface area contributed by atoms with Gasteiger partial charge in [-0.2, -0.15) is 0 Å². The fourth-order valence-electron chi connectivity index (χ4n) is 1.95. The second kappa shape index (κ2) is 5.77. The van der Waals surface area contributed by atoms with Crippen LogP contribution in [0.15, 0.2) is 24.4 Å². The van der Waals surface area contributed by atoms with Crippen LogP contribution in [0.25, 0.3) is 10.9 Å². The molecule has 0 bridgehead atoms. The average Bonchev–Trinajstić information content (AvgIpc) is 3.11. The van der Waals surface area contributed by atoms with Gasteiger partial charge in [-0.15, -0.1) is 0 Å². The Morgan fingerprint density at radius 3 is 3.29 bits per heavy atom. The van der Waals surface area contributed by atoms with Crippen LogP contribution in [0.5, 0.6) is 0 Å². The molecule has 1 fully saturated rings. The third-order valence-corrected chi connectivity index (χ3v) is 2.84. The normalized spacial score (nSPS) is 33.5. The number of nitrogens with one attached hydrogen (secondary N) is 2. The molecule has 21 heavy (non-hydrogen) atoms. The molecule has 5 heteroatoms. The van der Waals surface area contributed by atoms with E-state index in [1.807, 2.05) is 0 Å². The molecular weight excluding hydrogens is 266 g/mol. The molecular formula is C16H21N3O2. The molecule has 1 aromatic carbocycles. The number of benzene rings is 1. The molecule has 1 atom stereocenters. The van der Waals surface area contributed by atoms with Gasteiger partial charge in [0, 0.05) is 37.4 Å². The lowest BCUT2D eigenvalue weighted by Crippen LogP contribution is -2.28. The van der Waals surface area contributed by atoms with Crippen molar-refractivity contribution < 1.29 is 28.8 Å². The summed E-state index contributed by atoms with van der Waals surface area (Å²) in [4.78, 5) is 12.5. The Bertz CT molecular complexity index is 1120. The van der Waals surface area contributed by atoms with E-state index in [2.05, 4.69) is 4.74 Å². The van der Waals surface area contributed by atoms with E-state index in [-0.39, 0.29) is 32.2 Å². The molecule has 5 nitrogen and oxygen atoms in total. The second-order valence-corrected chi connectivity index (χ2v) is 4.33. The molecule has 2 aromatic rings. The third kappa shape index (κ3) is 3.19. The Balaban J connectivity index is 2.13. The minimum absolute atomic E-state index is 0.0320. The first-order chi connectivity index (χ1) is 15.6. The van der Waals surface area contributed by atoms with Crippen LogP contribution in [0.1, 0.15) is 27.6 Å². The highest BCUT2D eigenvalue weighted by atomic mass is 16.6. The molecule has 0 aliphatic carbocycles. The van der Waals surface area contributed by atoms with Gasteiger partial charge < -0.3 is 19.9 Å². The van der Waals surface area contributed by atoms with Gasteiger partial charge in [-0.1, -0.05) is 6.07 Å². The van der Waals surface area contributed by atoms with Gasteiger partial charge in [-0.05, 0) is 50.0 Å². The van der Waals surface area contributed by atoms with Crippen LogP contribution in [0.3, 0.4) is 0 Å². The molecule has 0 spiro atoms. The van der Waals surface area contributed by atoms with Crippen molar-refractivity contribution >= 4 is 17.0 Å². The van der Waals surface area contributed by atoms with Gasteiger partial charge in [0.1, 0.15) is 6.56 Å². The molecule has 3 rings (SSSR count). The van der Waals surface area contributed by atoms with Gasteiger partial charge in [-0.3, -0.25) is 0 Å². The monoisotopic (exact) mass is 301 g/mol. The molecule has 2 N–H and O–H groups in total. The zero-order valence-corrected chi connectivity index (χ0v) is 10.8. The lowest BCUT2D eigenvalue weighted by molar-refractivity contribution is 0.177. The van der Waals surface area contributed by atoms with Gasteiger partial charge >= 0.3 is 6.09 Å². The first-order valence-electron chi connectivity index (χ1n) is 12.9. The summed E-state index contributed by atoms with van der Waals surface area (Å²) in [6.45, 7) is -10.3. The predicted molar refractivity (Wildman–Crippen MR) is 82.5 cm³/mol. The summed E-state index contributed by atoms with van der Waals surface area (Å²) in [5.74, 6) is 0. The topological polar surface area (TPSA) is 57.4 Å². The number of carbonyl (C=O) groups excluding carboxylic acids is 1. The number of ether oxygens (including phenoxy) is 1. The molecule has 1 aliphatic heterocycles. The number of nitrogens with zero attached hydrogens (tertiary/aromatic N) is 1. The summed E-state index contributed by atoms with van der Waals surface area (Å²) in [6.07, 6.45) is -5.75. The first-order valence-corrected chi connectivity index (χ1v) is 6.05. The van der Waals surface area contributed by atoms with Crippen molar-refractivity contribution in [2.24, 2.45) is 0 Å². The maximum absolute atomic E-state index is 11.7. The second-order valence-electron chi connectivity index (χ2n) is 4.33. The molecule has 0 radical (unpaired) electrons. The van der Waals surface area contributed by atoms with Crippen molar-refractivity contribution in [3.05, 3.63) is 35.5 Å². The Hall–Kier alpha value is -2.01. The van der Waals surface area contributed by atoms with Crippen molar-refractivity contribution in [3.63, 3.8) is 0 Å². The number of hydrogen-bond donors (Lipinski definition) is 2. The Morgan fingerprint density at radius 2 is 2.52 bits per heavy atom. The quantitative estimate of drug-likeness (QED) is 0.887. The van der Waals surface area contributed by atoms with Crippen LogP contribution in [0, 0.1) is 0 Å². The summed E-state index contributed by atoms with van der Waals surface area (Å²) >= 11 is 0. The first kappa shape index (κ1) is 5.02. The third-order valence-electron chi connectivity index (χ3n) is 2.84. The van der Waals surface area contributed by atoms with Crippen molar-refractivity contribution in [2.75, 3.05) is 27.1 Å². The molecule has 0 unspecified atom stereocenters. The maximum Gasteiger partial charge on any atom is 0.407 e. The highest BCUT2D eigenvalue weighted by molar-refractivity contribution is 5.84. The van der Waals surface area contributed by atoms with Crippen LogP contribution in [-0.4, -0.2) is 49.1 Å². The number of carbonyl (C=O) groups is 1. The average molecular weight is 301 g/mol. The molecule has 2 heterocycles. The number of H-pyrrole nitrogens is 1. The minimum Gasteiger partial charge on any atom is -0.447 e. The Kier molecular flexibility index (Phi) is 1.38. The minimum atomic E-state index is -3.17. The van der Waals surface area contributed by atoms with Gasteiger partial charge in [-0.25, -0.2) is 4.79 Å². The van der Waals surface area contributed by atoms with Gasteiger partial charge in [0.05, 0.1) is 8.78 Å². The number of alkyl carbamates (subject to hydrolysis) is 1. The van der Waals surface area contributed by atoms with E-state index in [0.29, 0.717) is 0 Å². The summed E-state index contributed by atoms with van der Waals surface area (Å²) in [7, 11) is 0. The zero-order chi connectivity index (χ0) is 26.9. The fourth-order valence-corrected chi connectivity index (χ4v) is 1.95. The van der Waals surface area contributed by atoms with E-state index >= 15 is 0 Å². The van der Waals surface area contributed by atoms with Crippen molar-refractivity contribution in [1.29, 1.82) is 0 Å². The van der Waals surface area contributed by atoms with Crippen LogP contribution >= 0.6 is 0 Å². The summed E-state index contributed by atoms with van der Waals surface area (Å²) in [5, 5.41) is -0.0327. The fraction of sp³-hybridized carbons (Fsp3) is 0.438. The number of hydrogen-bond acceptors (Lipinski definition) is 3. The van der Waals surface area contributed by atoms with E-state index < -0.39 is 51.9 Å². The van der Waals surface area contributed by atoms with E-state index in [1.165, 1.54) is 12.1 Å². The number of cyclic esters (lactones) is 1. The number of fused-ring (bicyclic) bond motifs is 1. The summed E-state index contributed by atoms with van der Waals surface area (Å²) in [5.41, 5.74) is -0.508. The van der Waals surface area contributed by atoms with Gasteiger partial charge in [0.15, 0.2) is 2.82 Å². The Morgan fingerprint density at radius 1 is 1.62 bits per heavy atom. The van der Waals surface area contributed by atoms with Crippen LogP contribution in [0.4, 0.5) is 4.79 Å². The standard InChI is InChI=1S/C16H21N3O2/c1-19(2)6-5-12-9-17-15-4-3-11(8-14(12)15)7-13-10-21-16(20)18-13/h3-4,8-9,13,17H,5-7,10H2,1-2H3,(H,18,20)/t13-/m0/s1/i1D3,2D3,5D2,7D2,10D2/hD2. The van der Waals surface area contributed by atoms with E-state index in [1.54, 1.807) is 0 Å². The summed E-state index contributed by atoms with van der Waals surface area (Å²) < 4.78 is 115. The number of likely N-dealkylation sites (N-methyl/N-ethyl adjacent to an activating group) is 1. The summed E-state index contributed by atoms with van der Waals surface area (Å²) in [6, 6.07) is 1.48. The molecule has 1 aliphatic rings. The lowest BCUT2D eigenvalue weighted by Gasteiger charge is -2.09. The number of aromatic nitrogens is 1. The van der Waals surface area contributed by atoms with Crippen molar-refractivity contribution in [2.45, 2.75) is 18.8 Å². The molecule has 112 valence electrons. The molecule has 1 saturated heterocycles. The highest BCUT2D eigenvalue weighted by Crippen LogP contribution is 2.21. The van der Waals surface area contributed by atoms with E-state index in [4.69, 9.17) is 19.3 Å². The van der Waals surface area contributed by atoms with Crippen molar-refractivity contribution in [3.8, 4) is 0 Å². The molecule has 1 amide bonds. The predicted octanol–water partition coefficient (Wildman–Crippen LogP) is 1.92. The number of rotatable bonds is 5. The van der Waals surface area contributed by atoms with Gasteiger partial charge in [0.2, 0.25) is 0 Å². The molecule has 0 saturated carbocycles. The zero-order valence-electron chi connectivity index (χ0n) is 24.8. The largest absolute Gasteiger partial charge is 0.447 e. The SMILES string of the molecule is [2H]N1C(=O)OC([2H])([2H])[C@@H]1C([2H])([2H])c1ccc2c(c1)c(C([2H])([2H])CN(C([2H])([2H])[2H])C([2H])([2H])[2H])cn2[2H]. The van der Waals surface area contributed by atoms with Crippen LogP contribution < -0.4 is 5.31 Å². The smallest absolute Gasteiger partial charge is 0.407 e. The number of aromatic amines is 1. The van der Waals surface area contributed by atoms with Crippen molar-refractivity contribution in [1.82, 2.24) is 15.2 Å². The van der Waals surface area contributed by atoms with Gasteiger partial charge in [0.25, 0.3) is 0 Å². The molecule has 1 aromatic heterocycles. The van der Waals surface area contributed by atoms with Crippen LogP contribution in [-0.2, 0) is 17.5 Å². The van der Waals surface area contributed by atoms with E-state index in [0.717, 1.165) is 17.2 Å². The number of amides is 1. The van der Waals surface area contributed by atoms with Crippen LogP contribution in [0.2, 0.25) is 2.82 Å². The van der Waals surface area contributed by atoms with E-state index in [9.17, 15) is 4.79 Å². The Labute approximate surface area is 144 Å². The maximum atomic E-state index is 11.7. The highest BCUT2D eigenvalue weighted by Gasteiger charge is 2.22.